The van der Waals surface area contributed by atoms with Gasteiger partial charge in [0.25, 0.3) is 0 Å². The van der Waals surface area contributed by atoms with Gasteiger partial charge in [-0.15, -0.1) is 11.6 Å². The summed E-state index contributed by atoms with van der Waals surface area (Å²) >= 11 is 7.88. The maximum atomic E-state index is 11.6. The van der Waals surface area contributed by atoms with Gasteiger partial charge in [0.2, 0.25) is 0 Å². The average molecular weight is 440 g/mol. The summed E-state index contributed by atoms with van der Waals surface area (Å²) in [4.78, 5) is 11.6. The summed E-state index contributed by atoms with van der Waals surface area (Å²) in [5, 5.41) is 2.75. The van der Waals surface area contributed by atoms with Gasteiger partial charge in [-0.1, -0.05) is 6.07 Å². The summed E-state index contributed by atoms with van der Waals surface area (Å²) in [6.07, 6.45) is 1.19. The van der Waals surface area contributed by atoms with Crippen LogP contribution in [0, 0.1) is 3.57 Å². The van der Waals surface area contributed by atoms with Gasteiger partial charge in [-0.3, -0.25) is 0 Å². The van der Waals surface area contributed by atoms with Crippen LogP contribution in [0.25, 0.3) is 0 Å². The first-order chi connectivity index (χ1) is 10.3. The Balaban J connectivity index is 2.40. The first kappa shape index (κ1) is 19.4. The minimum absolute atomic E-state index is 0.386. The van der Waals surface area contributed by atoms with Crippen molar-refractivity contribution in [1.82, 2.24) is 5.32 Å². The number of hydrogen-bond acceptors (Lipinski definition) is 3. The van der Waals surface area contributed by atoms with Crippen molar-refractivity contribution >= 4 is 40.3 Å². The third kappa shape index (κ3) is 8.08. The fourth-order valence-electron chi connectivity index (χ4n) is 1.68. The first-order valence-electron chi connectivity index (χ1n) is 7.26. The Labute approximate surface area is 151 Å². The number of benzene rings is 1. The van der Waals surface area contributed by atoms with Crippen LogP contribution in [-0.2, 0) is 11.2 Å². The maximum Gasteiger partial charge on any atom is 0.407 e. The topological polar surface area (TPSA) is 47.6 Å². The highest BCUT2D eigenvalue weighted by Gasteiger charge is 2.15. The zero-order chi connectivity index (χ0) is 16.6. The molecule has 1 amide bonds. The minimum atomic E-state index is -0.471. The number of hydrogen-bond donors (Lipinski definition) is 1. The van der Waals surface area contributed by atoms with Crippen LogP contribution >= 0.6 is 34.2 Å². The first-order valence-corrected chi connectivity index (χ1v) is 8.87. The molecule has 0 saturated heterocycles. The molecule has 0 saturated carbocycles. The molecule has 124 valence electrons. The van der Waals surface area contributed by atoms with E-state index < -0.39 is 5.60 Å². The number of alkyl carbamates (subject to hydrolysis) is 1. The van der Waals surface area contributed by atoms with Crippen molar-refractivity contribution in [2.24, 2.45) is 0 Å². The SMILES string of the molecule is CC(C)(C)OC(=O)NCCc1ccc(OCCCCl)c(I)c1. The number of carbonyl (C=O) groups excluding carboxylic acids is 1. The lowest BCUT2D eigenvalue weighted by molar-refractivity contribution is 0.0528. The summed E-state index contributed by atoms with van der Waals surface area (Å²) in [5.41, 5.74) is 0.673. The lowest BCUT2D eigenvalue weighted by Gasteiger charge is -2.19. The summed E-state index contributed by atoms with van der Waals surface area (Å²) in [5.74, 6) is 1.47. The molecule has 22 heavy (non-hydrogen) atoms. The number of halogens is 2. The van der Waals surface area contributed by atoms with Crippen molar-refractivity contribution in [3.8, 4) is 5.75 Å². The Kier molecular flexibility index (Phi) is 8.31. The third-order valence-corrected chi connectivity index (χ3v) is 3.72. The zero-order valence-corrected chi connectivity index (χ0v) is 16.2. The van der Waals surface area contributed by atoms with Crippen molar-refractivity contribution in [2.45, 2.75) is 39.2 Å². The second kappa shape index (κ2) is 9.45. The van der Waals surface area contributed by atoms with Gasteiger partial charge in [0.15, 0.2) is 0 Å². The van der Waals surface area contributed by atoms with Gasteiger partial charge >= 0.3 is 6.09 Å². The van der Waals surface area contributed by atoms with E-state index in [0.717, 1.165) is 27.7 Å². The van der Waals surface area contributed by atoms with Gasteiger partial charge in [-0.05, 0) is 73.9 Å². The molecular formula is C16H23ClINO3. The second-order valence-electron chi connectivity index (χ2n) is 5.83. The molecule has 6 heteroatoms. The molecular weight excluding hydrogens is 417 g/mol. The van der Waals surface area contributed by atoms with Crippen LogP contribution in [0.5, 0.6) is 5.75 Å². The number of rotatable bonds is 7. The number of alkyl halides is 1. The number of amides is 1. The van der Waals surface area contributed by atoms with Crippen LogP contribution in [0.15, 0.2) is 18.2 Å². The van der Waals surface area contributed by atoms with E-state index in [1.807, 2.05) is 32.9 Å². The van der Waals surface area contributed by atoms with E-state index in [9.17, 15) is 4.79 Å². The molecule has 0 fully saturated rings. The quantitative estimate of drug-likeness (QED) is 0.390. The predicted octanol–water partition coefficient (Wildman–Crippen LogP) is 4.37. The zero-order valence-electron chi connectivity index (χ0n) is 13.2. The second-order valence-corrected chi connectivity index (χ2v) is 7.37. The molecule has 0 heterocycles. The molecule has 1 aromatic carbocycles. The monoisotopic (exact) mass is 439 g/mol. The highest BCUT2D eigenvalue weighted by Crippen LogP contribution is 2.22. The molecule has 0 unspecified atom stereocenters. The third-order valence-electron chi connectivity index (χ3n) is 2.61. The van der Waals surface area contributed by atoms with Gasteiger partial charge in [0, 0.05) is 12.4 Å². The number of ether oxygens (including phenoxy) is 2. The van der Waals surface area contributed by atoms with Crippen molar-refractivity contribution in [3.63, 3.8) is 0 Å². The minimum Gasteiger partial charge on any atom is -0.492 e. The largest absolute Gasteiger partial charge is 0.492 e. The van der Waals surface area contributed by atoms with E-state index in [1.54, 1.807) is 0 Å². The molecule has 1 rings (SSSR count). The van der Waals surface area contributed by atoms with E-state index in [0.29, 0.717) is 19.0 Å². The van der Waals surface area contributed by atoms with Crippen molar-refractivity contribution < 1.29 is 14.3 Å². The summed E-state index contributed by atoms with van der Waals surface area (Å²) < 4.78 is 11.9. The summed E-state index contributed by atoms with van der Waals surface area (Å²) in [7, 11) is 0. The molecule has 0 aliphatic rings. The van der Waals surface area contributed by atoms with Gasteiger partial charge < -0.3 is 14.8 Å². The van der Waals surface area contributed by atoms with Crippen molar-refractivity contribution in [1.29, 1.82) is 0 Å². The van der Waals surface area contributed by atoms with Crippen molar-refractivity contribution in [2.75, 3.05) is 19.0 Å². The standard InChI is InChI=1S/C16H23ClINO3/c1-16(2,3)22-15(20)19-9-7-12-5-6-14(13(18)11-12)21-10-4-8-17/h5-6,11H,4,7-10H2,1-3H3,(H,19,20). The van der Waals surface area contributed by atoms with Crippen LogP contribution in [0.2, 0.25) is 0 Å². The molecule has 0 atom stereocenters. The molecule has 4 nitrogen and oxygen atoms in total. The Morgan fingerprint density at radius 1 is 1.36 bits per heavy atom. The van der Waals surface area contributed by atoms with E-state index in [4.69, 9.17) is 21.1 Å². The van der Waals surface area contributed by atoms with Crippen LogP contribution in [0.1, 0.15) is 32.8 Å². The van der Waals surface area contributed by atoms with E-state index >= 15 is 0 Å². The predicted molar refractivity (Wildman–Crippen MR) is 97.9 cm³/mol. The Bertz CT molecular complexity index is 489. The summed E-state index contributed by atoms with van der Waals surface area (Å²) in [6.45, 7) is 6.70. The fraction of sp³-hybridized carbons (Fsp3) is 0.562. The van der Waals surface area contributed by atoms with E-state index in [2.05, 4.69) is 34.0 Å². The van der Waals surface area contributed by atoms with Crippen molar-refractivity contribution in [3.05, 3.63) is 27.3 Å². The lowest BCUT2D eigenvalue weighted by Crippen LogP contribution is -2.33. The molecule has 0 spiro atoms. The molecule has 1 N–H and O–H groups in total. The molecule has 0 aliphatic heterocycles. The van der Waals surface area contributed by atoms with Crippen LogP contribution in [0.3, 0.4) is 0 Å². The Hall–Kier alpha value is -0.690. The highest BCUT2D eigenvalue weighted by molar-refractivity contribution is 14.1. The molecule has 0 bridgehead atoms. The molecule has 0 aromatic heterocycles. The van der Waals surface area contributed by atoms with E-state index in [1.165, 1.54) is 0 Å². The van der Waals surface area contributed by atoms with Crippen LogP contribution in [0.4, 0.5) is 4.79 Å². The van der Waals surface area contributed by atoms with Crippen LogP contribution in [-0.4, -0.2) is 30.7 Å². The van der Waals surface area contributed by atoms with E-state index in [-0.39, 0.29) is 6.09 Å². The Morgan fingerprint density at radius 3 is 2.68 bits per heavy atom. The Morgan fingerprint density at radius 2 is 2.09 bits per heavy atom. The lowest BCUT2D eigenvalue weighted by atomic mass is 10.1. The smallest absolute Gasteiger partial charge is 0.407 e. The van der Waals surface area contributed by atoms with Gasteiger partial charge in [-0.2, -0.15) is 0 Å². The normalized spacial score (nSPS) is 11.1. The fourth-order valence-corrected chi connectivity index (χ4v) is 2.52. The van der Waals surface area contributed by atoms with Gasteiger partial charge in [0.05, 0.1) is 10.2 Å². The van der Waals surface area contributed by atoms with Gasteiger partial charge in [0.1, 0.15) is 11.4 Å². The highest BCUT2D eigenvalue weighted by atomic mass is 127. The summed E-state index contributed by atoms with van der Waals surface area (Å²) in [6, 6.07) is 6.03. The maximum absolute atomic E-state index is 11.6. The number of nitrogens with one attached hydrogen (secondary N) is 1. The number of carbonyl (C=O) groups is 1. The average Bonchev–Trinajstić information content (AvgIpc) is 2.39. The van der Waals surface area contributed by atoms with Crippen LogP contribution < -0.4 is 10.1 Å². The molecule has 0 radical (unpaired) electrons. The van der Waals surface area contributed by atoms with Gasteiger partial charge in [-0.25, -0.2) is 4.79 Å². The molecule has 1 aromatic rings. The molecule has 0 aliphatic carbocycles.